The Morgan fingerprint density at radius 1 is 0.951 bits per heavy atom. The molecule has 0 spiro atoms. The van der Waals surface area contributed by atoms with Gasteiger partial charge in [0.25, 0.3) is 0 Å². The summed E-state index contributed by atoms with van der Waals surface area (Å²) in [4.78, 5) is 23.5. The lowest BCUT2D eigenvalue weighted by atomic mass is 9.84. The van der Waals surface area contributed by atoms with Crippen molar-refractivity contribution >= 4 is 32.3 Å². The third-order valence-corrected chi connectivity index (χ3v) is 14.8. The van der Waals surface area contributed by atoms with Crippen LogP contribution < -0.4 is 0 Å². The van der Waals surface area contributed by atoms with Gasteiger partial charge in [-0.05, 0) is 0 Å². The molecule has 0 aromatic carbocycles. The van der Waals surface area contributed by atoms with Gasteiger partial charge in [0, 0.05) is 41.7 Å². The number of hydrogen-bond donors (Lipinski definition) is 0. The number of fused-ring (bicyclic) bond motifs is 1. The Morgan fingerprint density at radius 3 is 2.12 bits per heavy atom. The molecule has 0 aromatic rings. The summed E-state index contributed by atoms with van der Waals surface area (Å²) in [7, 11) is -2.85. The van der Waals surface area contributed by atoms with Crippen LogP contribution in [0.4, 0.5) is 0 Å². The van der Waals surface area contributed by atoms with Gasteiger partial charge in [0.2, 0.25) is 0 Å². The van der Waals surface area contributed by atoms with Gasteiger partial charge in [0.1, 0.15) is 36.5 Å². The first kappa shape index (κ1) is 34.3. The van der Waals surface area contributed by atoms with Crippen molar-refractivity contribution in [3.8, 4) is 6.07 Å². The molecule has 234 valence electrons. The Hall–Kier alpha value is -1.20. The van der Waals surface area contributed by atoms with Crippen LogP contribution in [0, 0.1) is 29.1 Å². The van der Waals surface area contributed by atoms with Crippen LogP contribution >= 0.6 is 11.8 Å². The molecule has 3 aliphatic heterocycles. The summed E-state index contributed by atoms with van der Waals surface area (Å²) in [6.45, 7) is 22.1. The van der Waals surface area contributed by atoms with E-state index in [1.54, 1.807) is 0 Å². The molecule has 3 aliphatic rings. The first-order valence-electron chi connectivity index (χ1n) is 14.5. The summed E-state index contributed by atoms with van der Waals surface area (Å²) in [5, 5.41) is 8.81. The molecule has 10 nitrogen and oxygen atoms in total. The van der Waals surface area contributed by atoms with Crippen molar-refractivity contribution in [2.45, 2.75) is 128 Å². The zero-order chi connectivity index (χ0) is 30.9. The van der Waals surface area contributed by atoms with Crippen LogP contribution in [0.25, 0.3) is 0 Å². The van der Waals surface area contributed by atoms with Crippen LogP contribution in [0.2, 0.25) is 10.1 Å². The molecule has 3 fully saturated rings. The second-order valence-corrected chi connectivity index (χ2v) is 19.5. The number of carbonyl (C=O) groups is 2. The molecule has 0 radical (unpaired) electrons. The molecule has 10 atom stereocenters. The fourth-order valence-electron chi connectivity index (χ4n) is 6.44. The summed E-state index contributed by atoms with van der Waals surface area (Å²) in [6, 6.07) is 2.20. The number of thioether (sulfide) groups is 1. The third-order valence-electron chi connectivity index (χ3n) is 8.48. The molecule has 0 aliphatic carbocycles. The van der Waals surface area contributed by atoms with E-state index >= 15 is 0 Å². The molecular weight excluding hydrogens is 566 g/mol. The number of hydrogen-bond acceptors (Lipinski definition) is 11. The van der Waals surface area contributed by atoms with E-state index in [-0.39, 0.29) is 51.7 Å². The molecule has 0 aromatic heterocycles. The number of carbonyl (C=O) groups excluding carboxylic acids is 2. The van der Waals surface area contributed by atoms with Gasteiger partial charge < -0.3 is 32.5 Å². The highest BCUT2D eigenvalue weighted by Gasteiger charge is 2.65. The first-order valence-corrected chi connectivity index (χ1v) is 17.4. The number of rotatable bonds is 7. The molecule has 41 heavy (non-hydrogen) atoms. The Morgan fingerprint density at radius 2 is 1.59 bits per heavy atom. The van der Waals surface area contributed by atoms with E-state index in [1.165, 1.54) is 25.6 Å². The van der Waals surface area contributed by atoms with Gasteiger partial charge in [-0.15, -0.1) is 11.8 Å². The summed E-state index contributed by atoms with van der Waals surface area (Å²) >= 11 is 1.44. The molecule has 3 saturated heterocycles. The largest absolute Gasteiger partial charge is 0.463 e. The number of esters is 2. The lowest BCUT2D eigenvalue weighted by molar-refractivity contribution is -0.316. The van der Waals surface area contributed by atoms with E-state index in [2.05, 4.69) is 54.5 Å². The highest BCUT2D eigenvalue weighted by atomic mass is 32.2. The Labute approximate surface area is 250 Å². The third kappa shape index (κ3) is 7.31. The smallest absolute Gasteiger partial charge is 0.349 e. The van der Waals surface area contributed by atoms with Crippen molar-refractivity contribution in [3.05, 3.63) is 0 Å². The summed E-state index contributed by atoms with van der Waals surface area (Å²) in [5.41, 5.74) is -0.298. The molecule has 3 heterocycles. The quantitative estimate of drug-likeness (QED) is 0.286. The SMILES string of the molecule is CC(=O)OCC1O[C@@H](O[C@@H]2C(C)[C@H](SCC#N)OC3CO[Si](C(C)(C)C)(C(C)(C)C)O[C@H]32)C(C)C(C)[C@H]1OC(C)=O. The minimum absolute atomic E-state index is 0.0609. The minimum atomic E-state index is -2.85. The molecule has 0 saturated carbocycles. The average Bonchev–Trinajstić information content (AvgIpc) is 2.86. The van der Waals surface area contributed by atoms with Crippen molar-refractivity contribution in [2.24, 2.45) is 17.8 Å². The van der Waals surface area contributed by atoms with Gasteiger partial charge in [0.15, 0.2) is 6.29 Å². The topological polar surface area (TPSA) is 123 Å². The number of nitrogens with zero attached hydrogens (tertiary/aromatic N) is 1. The summed E-state index contributed by atoms with van der Waals surface area (Å²) in [5.74, 6) is -1.02. The van der Waals surface area contributed by atoms with Crippen molar-refractivity contribution in [3.63, 3.8) is 0 Å². The van der Waals surface area contributed by atoms with Gasteiger partial charge >= 0.3 is 20.5 Å². The first-order chi connectivity index (χ1) is 18.9. The zero-order valence-corrected chi connectivity index (χ0v) is 28.2. The number of nitriles is 1. The van der Waals surface area contributed by atoms with E-state index in [0.29, 0.717) is 6.61 Å². The maximum Gasteiger partial charge on any atom is 0.349 e. The van der Waals surface area contributed by atoms with Crippen LogP contribution in [0.3, 0.4) is 0 Å². The molecule has 3 rings (SSSR count). The van der Waals surface area contributed by atoms with Gasteiger partial charge in [0.05, 0.1) is 24.5 Å². The van der Waals surface area contributed by atoms with E-state index in [4.69, 9.17) is 32.5 Å². The molecule has 0 amide bonds. The normalized spacial score (nSPS) is 37.4. The summed E-state index contributed by atoms with van der Waals surface area (Å²) in [6.07, 6.45) is -3.18. The van der Waals surface area contributed by atoms with Crippen molar-refractivity contribution in [1.82, 2.24) is 0 Å². The van der Waals surface area contributed by atoms with Gasteiger partial charge in [-0.25, -0.2) is 0 Å². The van der Waals surface area contributed by atoms with E-state index in [1.807, 2.05) is 13.8 Å². The second kappa shape index (κ2) is 13.2. The average molecular weight is 616 g/mol. The van der Waals surface area contributed by atoms with Crippen LogP contribution in [-0.2, 0) is 42.1 Å². The lowest BCUT2D eigenvalue weighted by Gasteiger charge is -2.58. The Bertz CT molecular complexity index is 963. The van der Waals surface area contributed by atoms with Crippen molar-refractivity contribution < 1.29 is 42.1 Å². The van der Waals surface area contributed by atoms with Gasteiger partial charge in [-0.1, -0.05) is 62.3 Å². The van der Waals surface area contributed by atoms with E-state index in [0.717, 1.165) is 0 Å². The molecule has 0 N–H and O–H groups in total. The zero-order valence-electron chi connectivity index (χ0n) is 26.4. The fraction of sp³-hybridized carbons (Fsp3) is 0.897. The lowest BCUT2D eigenvalue weighted by Crippen LogP contribution is -2.70. The predicted molar refractivity (Wildman–Crippen MR) is 156 cm³/mol. The second-order valence-electron chi connectivity index (χ2n) is 13.6. The number of ether oxygens (including phenoxy) is 5. The van der Waals surface area contributed by atoms with E-state index in [9.17, 15) is 14.9 Å². The monoisotopic (exact) mass is 615 g/mol. The van der Waals surface area contributed by atoms with Gasteiger partial charge in [-0.2, -0.15) is 5.26 Å². The Kier molecular flexibility index (Phi) is 11.0. The minimum Gasteiger partial charge on any atom is -0.463 e. The Balaban J connectivity index is 1.96. The predicted octanol–water partition coefficient (Wildman–Crippen LogP) is 4.94. The molecule has 12 heteroatoms. The maximum absolute atomic E-state index is 11.9. The maximum atomic E-state index is 11.9. The fourth-order valence-corrected chi connectivity index (χ4v) is 12.3. The van der Waals surface area contributed by atoms with Crippen LogP contribution in [0.5, 0.6) is 0 Å². The summed E-state index contributed by atoms with van der Waals surface area (Å²) < 4.78 is 44.5. The van der Waals surface area contributed by atoms with Crippen molar-refractivity contribution in [2.75, 3.05) is 19.0 Å². The van der Waals surface area contributed by atoms with Gasteiger partial charge in [-0.3, -0.25) is 9.59 Å². The molecule has 5 unspecified atom stereocenters. The standard InChI is InChI=1S/C29H49NO9SSi/c1-16-17(2)26(36-21(14-33-19(4)31)23(16)35-20(5)32)38-24-18(3)27(40-13-12-30)37-22-15-34-41(28(6,7)8,29(9,10)11)39-25(22)24/h16-18,21-27H,13-15H2,1-11H3/t16?,17?,18?,21?,22?,23-,24-,25-,26+,27+/m1/s1. The van der Waals surface area contributed by atoms with Crippen LogP contribution in [0.15, 0.2) is 0 Å². The molecule has 0 bridgehead atoms. The van der Waals surface area contributed by atoms with Crippen LogP contribution in [0.1, 0.15) is 76.2 Å². The highest BCUT2D eigenvalue weighted by molar-refractivity contribution is 7.99. The van der Waals surface area contributed by atoms with Crippen molar-refractivity contribution in [1.29, 1.82) is 5.26 Å². The molecular formula is C29H49NO9SSi. The van der Waals surface area contributed by atoms with Crippen LogP contribution in [-0.4, -0.2) is 81.7 Å². The highest BCUT2D eigenvalue weighted by Crippen LogP contribution is 2.56. The van der Waals surface area contributed by atoms with E-state index < -0.39 is 51.2 Å².